The first-order valence-corrected chi connectivity index (χ1v) is 6.46. The van der Waals surface area contributed by atoms with E-state index < -0.39 is 0 Å². The summed E-state index contributed by atoms with van der Waals surface area (Å²) in [6, 6.07) is 10.6. The Kier molecular flexibility index (Phi) is 3.78. The number of anilines is 2. The van der Waals surface area contributed by atoms with Crippen molar-refractivity contribution in [1.29, 1.82) is 0 Å². The number of nitrogens with two attached hydrogens (primary N) is 1. The summed E-state index contributed by atoms with van der Waals surface area (Å²) in [6.07, 6.45) is 2.00. The fourth-order valence-electron chi connectivity index (χ4n) is 1.33. The van der Waals surface area contributed by atoms with E-state index in [1.54, 1.807) is 17.8 Å². The Labute approximate surface area is 109 Å². The van der Waals surface area contributed by atoms with Gasteiger partial charge in [-0.1, -0.05) is 0 Å². The molecule has 0 aliphatic rings. The average Bonchev–Trinajstić information content (AvgIpc) is 2.40. The second kappa shape index (κ2) is 5.50. The van der Waals surface area contributed by atoms with Crippen LogP contribution < -0.4 is 11.1 Å². The molecule has 92 valence electrons. The number of amides is 1. The maximum Gasteiger partial charge on any atom is 0.276 e. The van der Waals surface area contributed by atoms with Crippen LogP contribution in [0.1, 0.15) is 10.5 Å². The van der Waals surface area contributed by atoms with Crippen molar-refractivity contribution in [3.05, 3.63) is 42.1 Å². The molecule has 1 aromatic heterocycles. The molecule has 1 amide bonds. The number of nitrogens with one attached hydrogen (secondary N) is 1. The Morgan fingerprint density at radius 1 is 1.17 bits per heavy atom. The molecule has 3 N–H and O–H groups in total. The van der Waals surface area contributed by atoms with Gasteiger partial charge in [0.2, 0.25) is 0 Å². The molecule has 0 saturated heterocycles. The molecule has 2 aromatic rings. The number of nitrogens with zero attached hydrogens (tertiary/aromatic N) is 2. The van der Waals surface area contributed by atoms with Gasteiger partial charge < -0.3 is 11.1 Å². The lowest BCUT2D eigenvalue weighted by Crippen LogP contribution is -2.14. The van der Waals surface area contributed by atoms with Crippen LogP contribution in [0.2, 0.25) is 0 Å². The molecule has 0 spiro atoms. The molecule has 0 atom stereocenters. The minimum atomic E-state index is -0.306. The van der Waals surface area contributed by atoms with Crippen molar-refractivity contribution in [1.82, 2.24) is 10.2 Å². The van der Waals surface area contributed by atoms with Gasteiger partial charge in [0.25, 0.3) is 5.91 Å². The van der Waals surface area contributed by atoms with Gasteiger partial charge in [0.15, 0.2) is 5.69 Å². The van der Waals surface area contributed by atoms with E-state index in [4.69, 9.17) is 5.73 Å². The summed E-state index contributed by atoms with van der Waals surface area (Å²) in [5, 5.41) is 10.1. The second-order valence-corrected chi connectivity index (χ2v) is 4.41. The number of aromatic nitrogens is 2. The lowest BCUT2D eigenvalue weighted by atomic mass is 10.3. The average molecular weight is 260 g/mol. The van der Waals surface area contributed by atoms with Crippen LogP contribution in [-0.2, 0) is 0 Å². The van der Waals surface area contributed by atoms with E-state index >= 15 is 0 Å². The van der Waals surface area contributed by atoms with Crippen LogP contribution in [-0.4, -0.2) is 22.4 Å². The van der Waals surface area contributed by atoms with Crippen molar-refractivity contribution in [3.8, 4) is 0 Å². The van der Waals surface area contributed by atoms with Crippen molar-refractivity contribution < 1.29 is 4.79 Å². The van der Waals surface area contributed by atoms with Crippen molar-refractivity contribution in [2.45, 2.75) is 4.90 Å². The lowest BCUT2D eigenvalue weighted by Gasteiger charge is -2.05. The number of nitrogen functional groups attached to an aromatic ring is 1. The lowest BCUT2D eigenvalue weighted by molar-refractivity contribution is 0.102. The second-order valence-electron chi connectivity index (χ2n) is 3.53. The predicted molar refractivity (Wildman–Crippen MR) is 72.6 cm³/mol. The summed E-state index contributed by atoms with van der Waals surface area (Å²) < 4.78 is 0. The molecular weight excluding hydrogens is 248 g/mol. The van der Waals surface area contributed by atoms with E-state index in [9.17, 15) is 4.79 Å². The van der Waals surface area contributed by atoms with Gasteiger partial charge >= 0.3 is 0 Å². The van der Waals surface area contributed by atoms with E-state index in [1.807, 2.05) is 30.5 Å². The fourth-order valence-corrected chi connectivity index (χ4v) is 1.74. The molecule has 6 heteroatoms. The minimum Gasteiger partial charge on any atom is -0.382 e. The molecule has 0 saturated carbocycles. The van der Waals surface area contributed by atoms with E-state index in [-0.39, 0.29) is 17.4 Å². The summed E-state index contributed by atoms with van der Waals surface area (Å²) >= 11 is 1.65. The fraction of sp³-hybridized carbons (Fsp3) is 0.0833. The zero-order chi connectivity index (χ0) is 13.0. The first-order chi connectivity index (χ1) is 8.69. The number of hydrogen-bond acceptors (Lipinski definition) is 5. The smallest absolute Gasteiger partial charge is 0.276 e. The highest BCUT2D eigenvalue weighted by Crippen LogP contribution is 2.17. The maximum atomic E-state index is 11.8. The van der Waals surface area contributed by atoms with Gasteiger partial charge in [-0.3, -0.25) is 4.79 Å². The maximum absolute atomic E-state index is 11.8. The summed E-state index contributed by atoms with van der Waals surface area (Å²) in [5.41, 5.74) is 6.36. The Morgan fingerprint density at radius 2 is 1.89 bits per heavy atom. The molecule has 0 aliphatic carbocycles. The van der Waals surface area contributed by atoms with Gasteiger partial charge in [-0.25, -0.2) is 0 Å². The summed E-state index contributed by atoms with van der Waals surface area (Å²) in [6.45, 7) is 0. The molecule has 1 heterocycles. The quantitative estimate of drug-likeness (QED) is 0.825. The molecular formula is C12H12N4OS. The summed E-state index contributed by atoms with van der Waals surface area (Å²) in [5.74, 6) is -0.0183. The topological polar surface area (TPSA) is 80.9 Å². The Balaban J connectivity index is 2.08. The van der Waals surface area contributed by atoms with E-state index in [0.717, 1.165) is 10.6 Å². The standard InChI is InChI=1S/C12H12N4OS/c1-18-9-4-2-8(3-5-9)14-12(17)10-6-7-11(13)16-15-10/h2-7H,1H3,(H2,13,16)(H,14,17). The molecule has 0 fully saturated rings. The molecule has 0 bridgehead atoms. The Bertz CT molecular complexity index is 539. The van der Waals surface area contributed by atoms with Crippen molar-refractivity contribution >= 4 is 29.2 Å². The summed E-state index contributed by atoms with van der Waals surface area (Å²) in [7, 11) is 0. The van der Waals surface area contributed by atoms with Gasteiger partial charge in [0.05, 0.1) is 0 Å². The van der Waals surface area contributed by atoms with Crippen molar-refractivity contribution in [2.24, 2.45) is 0 Å². The van der Waals surface area contributed by atoms with Gasteiger partial charge in [-0.15, -0.1) is 22.0 Å². The first kappa shape index (κ1) is 12.4. The molecule has 18 heavy (non-hydrogen) atoms. The largest absolute Gasteiger partial charge is 0.382 e. The van der Waals surface area contributed by atoms with Crippen LogP contribution >= 0.6 is 11.8 Å². The molecule has 5 nitrogen and oxygen atoms in total. The van der Waals surface area contributed by atoms with E-state index in [1.165, 1.54) is 6.07 Å². The van der Waals surface area contributed by atoms with Crippen molar-refractivity contribution in [3.63, 3.8) is 0 Å². The number of carbonyl (C=O) groups is 1. The van der Waals surface area contributed by atoms with Crippen LogP contribution in [0.15, 0.2) is 41.3 Å². The minimum absolute atomic E-state index is 0.234. The number of hydrogen-bond donors (Lipinski definition) is 2. The Morgan fingerprint density at radius 3 is 2.44 bits per heavy atom. The number of carbonyl (C=O) groups excluding carboxylic acids is 1. The number of rotatable bonds is 3. The number of thioether (sulfide) groups is 1. The van der Waals surface area contributed by atoms with E-state index in [2.05, 4.69) is 15.5 Å². The van der Waals surface area contributed by atoms with Crippen LogP contribution in [0.3, 0.4) is 0 Å². The normalized spacial score (nSPS) is 10.1. The zero-order valence-corrected chi connectivity index (χ0v) is 10.6. The van der Waals surface area contributed by atoms with E-state index in [0.29, 0.717) is 0 Å². The molecule has 0 unspecified atom stereocenters. The Hall–Kier alpha value is -2.08. The summed E-state index contributed by atoms with van der Waals surface area (Å²) in [4.78, 5) is 13.0. The molecule has 1 aromatic carbocycles. The highest BCUT2D eigenvalue weighted by atomic mass is 32.2. The zero-order valence-electron chi connectivity index (χ0n) is 9.75. The SMILES string of the molecule is CSc1ccc(NC(=O)c2ccc(N)nn2)cc1. The highest BCUT2D eigenvalue weighted by Gasteiger charge is 2.07. The van der Waals surface area contributed by atoms with Crippen LogP contribution in [0, 0.1) is 0 Å². The van der Waals surface area contributed by atoms with Gasteiger partial charge in [0.1, 0.15) is 5.82 Å². The monoisotopic (exact) mass is 260 g/mol. The molecule has 0 radical (unpaired) electrons. The third-order valence-corrected chi connectivity index (χ3v) is 3.01. The predicted octanol–water partition coefficient (Wildman–Crippen LogP) is 2.03. The van der Waals surface area contributed by atoms with Gasteiger partial charge in [-0.05, 0) is 42.7 Å². The first-order valence-electron chi connectivity index (χ1n) is 5.23. The third kappa shape index (κ3) is 2.98. The van der Waals surface area contributed by atoms with Crippen LogP contribution in [0.25, 0.3) is 0 Å². The molecule has 0 aliphatic heterocycles. The van der Waals surface area contributed by atoms with Crippen molar-refractivity contribution in [2.75, 3.05) is 17.3 Å². The van der Waals surface area contributed by atoms with Gasteiger partial charge in [0, 0.05) is 10.6 Å². The van der Waals surface area contributed by atoms with Gasteiger partial charge in [-0.2, -0.15) is 0 Å². The van der Waals surface area contributed by atoms with Crippen LogP contribution in [0.5, 0.6) is 0 Å². The number of benzene rings is 1. The highest BCUT2D eigenvalue weighted by molar-refractivity contribution is 7.98. The third-order valence-electron chi connectivity index (χ3n) is 2.27. The van der Waals surface area contributed by atoms with Crippen LogP contribution in [0.4, 0.5) is 11.5 Å². The molecule has 2 rings (SSSR count).